The van der Waals surface area contributed by atoms with Crippen molar-refractivity contribution in [1.82, 2.24) is 0 Å². The van der Waals surface area contributed by atoms with Crippen molar-refractivity contribution in [2.75, 3.05) is 13.2 Å². The highest BCUT2D eigenvalue weighted by Gasteiger charge is 2.19. The van der Waals surface area contributed by atoms with Gasteiger partial charge < -0.3 is 14.2 Å². The number of esters is 3. The Hall–Kier alpha value is -2.63. The van der Waals surface area contributed by atoms with Gasteiger partial charge in [0.05, 0.1) is 0 Å². The molecule has 0 saturated carbocycles. The van der Waals surface area contributed by atoms with Crippen molar-refractivity contribution in [1.29, 1.82) is 0 Å². The topological polar surface area (TPSA) is 78.9 Å². The van der Waals surface area contributed by atoms with Crippen molar-refractivity contribution < 1.29 is 28.6 Å². The van der Waals surface area contributed by atoms with E-state index in [-0.39, 0.29) is 31.1 Å². The molecule has 0 aliphatic heterocycles. The Labute approximate surface area is 498 Å². The fraction of sp³-hybridized carbons (Fsp3) is 0.851. The molecule has 0 fully saturated rings. The van der Waals surface area contributed by atoms with E-state index in [4.69, 9.17) is 14.2 Å². The van der Waals surface area contributed by atoms with Crippen molar-refractivity contribution in [3.8, 4) is 0 Å². The van der Waals surface area contributed by atoms with Gasteiger partial charge >= 0.3 is 17.9 Å². The van der Waals surface area contributed by atoms with E-state index in [2.05, 4.69) is 69.4 Å². The zero-order valence-electron chi connectivity index (χ0n) is 53.9. The summed E-state index contributed by atoms with van der Waals surface area (Å²) >= 11 is 0. The molecule has 0 aromatic heterocycles. The lowest BCUT2D eigenvalue weighted by molar-refractivity contribution is -0.167. The molecule has 0 saturated heterocycles. The Bertz CT molecular complexity index is 1380. The van der Waals surface area contributed by atoms with Crippen LogP contribution in [0.5, 0.6) is 0 Å². The molecule has 0 bridgehead atoms. The molecule has 468 valence electrons. The normalized spacial score (nSPS) is 12.3. The number of ether oxygens (including phenoxy) is 3. The molecule has 0 amide bonds. The number of carbonyl (C=O) groups is 3. The largest absolute Gasteiger partial charge is 0.462 e. The Morgan fingerprint density at radius 3 is 0.750 bits per heavy atom. The SMILES string of the molecule is CCC/C=C\CCCCCCCC(=O)OCC(COC(=O)CCCCCCCCCCCCCCCCCCCCCCC/C=C\C/C=C\CCCCCCC)OC(=O)CCCCCCCCCCC/C=C\CCCCCCCC. The number of carbonyl (C=O) groups excluding carboxylic acids is 3. The fourth-order valence-corrected chi connectivity index (χ4v) is 10.7. The van der Waals surface area contributed by atoms with Crippen molar-refractivity contribution in [2.24, 2.45) is 0 Å². The van der Waals surface area contributed by atoms with Crippen LogP contribution in [0.25, 0.3) is 0 Å². The van der Waals surface area contributed by atoms with Gasteiger partial charge in [0.25, 0.3) is 0 Å². The van der Waals surface area contributed by atoms with Crippen molar-refractivity contribution in [3.05, 3.63) is 48.6 Å². The maximum Gasteiger partial charge on any atom is 0.306 e. The highest BCUT2D eigenvalue weighted by molar-refractivity contribution is 5.71. The Morgan fingerprint density at radius 1 is 0.250 bits per heavy atom. The molecule has 0 aliphatic rings. The third-order valence-electron chi connectivity index (χ3n) is 16.0. The predicted octanol–water partition coefficient (Wildman–Crippen LogP) is 24.5. The molecular weight excluding hydrogens is 985 g/mol. The van der Waals surface area contributed by atoms with E-state index in [1.807, 2.05) is 0 Å². The minimum Gasteiger partial charge on any atom is -0.462 e. The maximum atomic E-state index is 12.9. The maximum absolute atomic E-state index is 12.9. The van der Waals surface area contributed by atoms with Crippen LogP contribution in [0.15, 0.2) is 48.6 Å². The van der Waals surface area contributed by atoms with E-state index in [1.165, 1.54) is 270 Å². The molecule has 0 aliphatic carbocycles. The average molecular weight is 1120 g/mol. The van der Waals surface area contributed by atoms with Crippen LogP contribution in [0.2, 0.25) is 0 Å². The van der Waals surface area contributed by atoms with E-state index in [1.54, 1.807) is 0 Å². The summed E-state index contributed by atoms with van der Waals surface area (Å²) < 4.78 is 16.9. The lowest BCUT2D eigenvalue weighted by Gasteiger charge is -2.18. The van der Waals surface area contributed by atoms with Crippen LogP contribution < -0.4 is 0 Å². The van der Waals surface area contributed by atoms with Crippen LogP contribution in [0.3, 0.4) is 0 Å². The number of unbranched alkanes of at least 4 members (excludes halogenated alkanes) is 47. The van der Waals surface area contributed by atoms with Gasteiger partial charge in [-0.3, -0.25) is 14.4 Å². The first-order valence-electron chi connectivity index (χ1n) is 35.6. The molecule has 6 heteroatoms. The molecule has 1 atom stereocenters. The zero-order valence-corrected chi connectivity index (χ0v) is 53.9. The summed E-state index contributed by atoms with van der Waals surface area (Å²) in [5.74, 6) is -0.862. The third kappa shape index (κ3) is 66.2. The van der Waals surface area contributed by atoms with E-state index in [0.717, 1.165) is 77.0 Å². The molecule has 0 aromatic carbocycles. The number of hydrogen-bond donors (Lipinski definition) is 0. The summed E-state index contributed by atoms with van der Waals surface area (Å²) in [6, 6.07) is 0. The lowest BCUT2D eigenvalue weighted by Crippen LogP contribution is -2.30. The quantitative estimate of drug-likeness (QED) is 0.0261. The zero-order chi connectivity index (χ0) is 57.8. The lowest BCUT2D eigenvalue weighted by atomic mass is 10.0. The van der Waals surface area contributed by atoms with E-state index in [9.17, 15) is 14.4 Å². The highest BCUT2D eigenvalue weighted by atomic mass is 16.6. The van der Waals surface area contributed by atoms with Gasteiger partial charge in [0.15, 0.2) is 6.10 Å². The second-order valence-corrected chi connectivity index (χ2v) is 24.1. The summed E-state index contributed by atoms with van der Waals surface area (Å²) in [6.07, 6.45) is 87.4. The van der Waals surface area contributed by atoms with Crippen LogP contribution in [0.4, 0.5) is 0 Å². The monoisotopic (exact) mass is 1120 g/mol. The molecule has 0 N–H and O–H groups in total. The Balaban J connectivity index is 4.06. The van der Waals surface area contributed by atoms with Crippen molar-refractivity contribution in [3.63, 3.8) is 0 Å². The molecule has 0 heterocycles. The molecular formula is C74H136O6. The van der Waals surface area contributed by atoms with Gasteiger partial charge in [0, 0.05) is 19.3 Å². The smallest absolute Gasteiger partial charge is 0.306 e. The fourth-order valence-electron chi connectivity index (χ4n) is 10.7. The average Bonchev–Trinajstić information content (AvgIpc) is 3.46. The molecule has 0 aromatic rings. The molecule has 1 unspecified atom stereocenters. The first-order chi connectivity index (χ1) is 39.5. The Morgan fingerprint density at radius 2 is 0.475 bits per heavy atom. The summed E-state index contributed by atoms with van der Waals surface area (Å²) in [7, 11) is 0. The summed E-state index contributed by atoms with van der Waals surface area (Å²) in [5.41, 5.74) is 0. The van der Waals surface area contributed by atoms with Crippen LogP contribution >= 0.6 is 0 Å². The van der Waals surface area contributed by atoms with E-state index in [0.29, 0.717) is 19.3 Å². The van der Waals surface area contributed by atoms with Gasteiger partial charge in [-0.05, 0) is 96.3 Å². The van der Waals surface area contributed by atoms with Crippen molar-refractivity contribution in [2.45, 2.75) is 393 Å². The summed E-state index contributed by atoms with van der Waals surface area (Å²) in [6.45, 7) is 6.61. The number of rotatable bonds is 66. The second-order valence-electron chi connectivity index (χ2n) is 24.1. The molecule has 80 heavy (non-hydrogen) atoms. The number of hydrogen-bond acceptors (Lipinski definition) is 6. The van der Waals surface area contributed by atoms with E-state index < -0.39 is 6.10 Å². The molecule has 0 spiro atoms. The van der Waals surface area contributed by atoms with Crippen LogP contribution in [-0.2, 0) is 28.6 Å². The first kappa shape index (κ1) is 77.4. The van der Waals surface area contributed by atoms with E-state index >= 15 is 0 Å². The first-order valence-corrected chi connectivity index (χ1v) is 35.6. The third-order valence-corrected chi connectivity index (χ3v) is 16.0. The summed E-state index contributed by atoms with van der Waals surface area (Å²) in [4.78, 5) is 38.3. The van der Waals surface area contributed by atoms with Crippen molar-refractivity contribution >= 4 is 17.9 Å². The number of allylic oxidation sites excluding steroid dienone is 8. The highest BCUT2D eigenvalue weighted by Crippen LogP contribution is 2.18. The second kappa shape index (κ2) is 68.9. The van der Waals surface area contributed by atoms with Crippen LogP contribution in [0.1, 0.15) is 387 Å². The predicted molar refractivity (Wildman–Crippen MR) is 349 cm³/mol. The van der Waals surface area contributed by atoms with Crippen LogP contribution in [-0.4, -0.2) is 37.2 Å². The molecule has 0 rings (SSSR count). The van der Waals surface area contributed by atoms with Gasteiger partial charge in [-0.1, -0.05) is 320 Å². The van der Waals surface area contributed by atoms with Gasteiger partial charge in [0.2, 0.25) is 0 Å². The minimum atomic E-state index is -0.775. The van der Waals surface area contributed by atoms with Gasteiger partial charge in [0.1, 0.15) is 13.2 Å². The summed E-state index contributed by atoms with van der Waals surface area (Å²) in [5, 5.41) is 0. The van der Waals surface area contributed by atoms with Gasteiger partial charge in [-0.15, -0.1) is 0 Å². The standard InChI is InChI=1S/C74H136O6/c1-4-7-10-13-16-19-22-24-26-28-30-31-32-33-34-35-36-37-38-39-40-41-42-43-45-46-48-50-52-55-58-61-64-67-73(76)79-70-71(69-78-72(75)66-63-60-57-54-21-18-15-12-9-6-3)80-74(77)68-65-62-59-56-53-51-49-47-44-29-27-25-23-20-17-14-11-8-5-2/h12,15,22,24-25,27-28,30,71H,4-11,13-14,16-21,23,26,29,31-70H2,1-3H3/b15-12-,24-22-,27-25-,30-28-. The Kier molecular flexibility index (Phi) is 66.6. The van der Waals surface area contributed by atoms with Crippen LogP contribution in [0, 0.1) is 0 Å². The molecule has 0 radical (unpaired) electrons. The van der Waals surface area contributed by atoms with Gasteiger partial charge in [-0.25, -0.2) is 0 Å². The minimum absolute atomic E-state index is 0.0722. The molecule has 6 nitrogen and oxygen atoms in total. The van der Waals surface area contributed by atoms with Gasteiger partial charge in [-0.2, -0.15) is 0 Å².